The molecule has 4 nitrogen and oxygen atoms in total. The van der Waals surface area contributed by atoms with Crippen LogP contribution in [0.25, 0.3) is 17.1 Å². The maximum absolute atomic E-state index is 12.6. The van der Waals surface area contributed by atoms with E-state index in [1.54, 1.807) is 42.5 Å². The Bertz CT molecular complexity index is 1190. The third-order valence-corrected chi connectivity index (χ3v) is 6.09. The van der Waals surface area contributed by atoms with E-state index in [1.807, 2.05) is 34.9 Å². The van der Waals surface area contributed by atoms with Gasteiger partial charge in [-0.2, -0.15) is 0 Å². The van der Waals surface area contributed by atoms with E-state index in [0.717, 1.165) is 11.3 Å². The van der Waals surface area contributed by atoms with Gasteiger partial charge in [0.1, 0.15) is 0 Å². The average molecular weight is 475 g/mol. The summed E-state index contributed by atoms with van der Waals surface area (Å²) in [7, 11) is 0. The Morgan fingerprint density at radius 2 is 1.47 bits per heavy atom. The highest BCUT2D eigenvalue weighted by Crippen LogP contribution is 2.32. The van der Waals surface area contributed by atoms with Crippen molar-refractivity contribution in [1.82, 2.24) is 14.8 Å². The number of nitrogens with zero attached hydrogens (tertiary/aromatic N) is 3. The minimum atomic E-state index is -0.0263. The van der Waals surface area contributed by atoms with Gasteiger partial charge in [0, 0.05) is 26.9 Å². The number of carbonyl (C=O) groups excluding carboxylic acids is 1. The number of hydrogen-bond acceptors (Lipinski definition) is 4. The molecule has 0 fully saturated rings. The smallest absolute Gasteiger partial charge is 0.196 e. The van der Waals surface area contributed by atoms with Gasteiger partial charge in [-0.3, -0.25) is 9.36 Å². The molecule has 0 atom stereocenters. The van der Waals surface area contributed by atoms with E-state index in [4.69, 9.17) is 34.8 Å². The van der Waals surface area contributed by atoms with Gasteiger partial charge in [0.2, 0.25) is 0 Å². The zero-order valence-electron chi connectivity index (χ0n) is 15.4. The van der Waals surface area contributed by atoms with E-state index < -0.39 is 0 Å². The van der Waals surface area contributed by atoms with E-state index in [0.29, 0.717) is 31.6 Å². The van der Waals surface area contributed by atoms with Crippen LogP contribution < -0.4 is 0 Å². The van der Waals surface area contributed by atoms with Crippen molar-refractivity contribution in [2.24, 2.45) is 0 Å². The Hall–Kier alpha value is -2.31. The second kappa shape index (κ2) is 9.23. The van der Waals surface area contributed by atoms with Crippen LogP contribution in [0, 0.1) is 0 Å². The van der Waals surface area contributed by atoms with E-state index >= 15 is 0 Å². The molecule has 1 aromatic heterocycles. The second-order valence-corrected chi connectivity index (χ2v) is 8.54. The van der Waals surface area contributed by atoms with Gasteiger partial charge in [0.05, 0.1) is 10.8 Å². The van der Waals surface area contributed by atoms with Crippen molar-refractivity contribution in [3.8, 4) is 17.1 Å². The van der Waals surface area contributed by atoms with E-state index in [1.165, 1.54) is 11.8 Å². The van der Waals surface area contributed by atoms with Crippen LogP contribution in [0.2, 0.25) is 15.1 Å². The van der Waals surface area contributed by atoms with Crippen molar-refractivity contribution < 1.29 is 4.79 Å². The number of halogens is 3. The highest BCUT2D eigenvalue weighted by atomic mass is 35.5. The van der Waals surface area contributed by atoms with Crippen LogP contribution in [0.1, 0.15) is 10.4 Å². The molecule has 1 heterocycles. The lowest BCUT2D eigenvalue weighted by molar-refractivity contribution is 0.102. The molecule has 0 aliphatic carbocycles. The lowest BCUT2D eigenvalue weighted by Gasteiger charge is -2.11. The van der Waals surface area contributed by atoms with Crippen LogP contribution in [-0.2, 0) is 0 Å². The summed E-state index contributed by atoms with van der Waals surface area (Å²) in [6.07, 6.45) is 0. The number of aromatic nitrogens is 3. The first-order chi connectivity index (χ1) is 14.5. The number of benzene rings is 3. The molecule has 0 N–H and O–H groups in total. The quantitative estimate of drug-likeness (QED) is 0.226. The summed E-state index contributed by atoms with van der Waals surface area (Å²) >= 11 is 19.7. The van der Waals surface area contributed by atoms with E-state index in [-0.39, 0.29) is 11.5 Å². The monoisotopic (exact) mass is 473 g/mol. The van der Waals surface area contributed by atoms with Crippen LogP contribution in [0.15, 0.2) is 78.0 Å². The van der Waals surface area contributed by atoms with Crippen molar-refractivity contribution >= 4 is 52.3 Å². The number of hydrogen-bond donors (Lipinski definition) is 0. The summed E-state index contributed by atoms with van der Waals surface area (Å²) in [4.78, 5) is 12.6. The average Bonchev–Trinajstić information content (AvgIpc) is 3.17. The van der Waals surface area contributed by atoms with Crippen molar-refractivity contribution in [1.29, 1.82) is 0 Å². The van der Waals surface area contributed by atoms with Gasteiger partial charge >= 0.3 is 0 Å². The van der Waals surface area contributed by atoms with Crippen LogP contribution in [0.5, 0.6) is 0 Å². The fraction of sp³-hybridized carbons (Fsp3) is 0.0455. The van der Waals surface area contributed by atoms with E-state index in [2.05, 4.69) is 10.2 Å². The number of thioether (sulfide) groups is 1. The minimum Gasteiger partial charge on any atom is -0.293 e. The molecule has 0 aliphatic rings. The summed E-state index contributed by atoms with van der Waals surface area (Å²) in [6.45, 7) is 0. The highest BCUT2D eigenvalue weighted by Gasteiger charge is 2.19. The van der Waals surface area contributed by atoms with Crippen LogP contribution in [0.3, 0.4) is 0 Å². The third kappa shape index (κ3) is 4.55. The van der Waals surface area contributed by atoms with Crippen molar-refractivity contribution in [3.63, 3.8) is 0 Å². The van der Waals surface area contributed by atoms with Crippen LogP contribution in [0.4, 0.5) is 0 Å². The predicted molar refractivity (Wildman–Crippen MR) is 123 cm³/mol. The summed E-state index contributed by atoms with van der Waals surface area (Å²) in [5.41, 5.74) is 2.16. The molecule has 0 saturated carbocycles. The standard InChI is InChI=1S/C22H14Cl3N3OS/c23-15-7-5-14(6-8-15)20(29)13-30-22-27-26-21(18-3-1-2-4-19(18)25)28(22)17-11-9-16(24)10-12-17/h1-12H,13H2. The van der Waals surface area contributed by atoms with Gasteiger partial charge in [-0.1, -0.05) is 58.7 Å². The van der Waals surface area contributed by atoms with E-state index in [9.17, 15) is 4.79 Å². The third-order valence-electron chi connectivity index (χ3n) is 4.33. The lowest BCUT2D eigenvalue weighted by Crippen LogP contribution is -2.05. The molecule has 0 unspecified atom stereocenters. The largest absolute Gasteiger partial charge is 0.293 e. The SMILES string of the molecule is O=C(CSc1nnc(-c2ccccc2Cl)n1-c1ccc(Cl)cc1)c1ccc(Cl)cc1. The van der Waals surface area contributed by atoms with Crippen LogP contribution in [-0.4, -0.2) is 26.3 Å². The Morgan fingerprint density at radius 3 is 2.13 bits per heavy atom. The van der Waals surface area contributed by atoms with Gasteiger partial charge < -0.3 is 0 Å². The summed E-state index contributed by atoms with van der Waals surface area (Å²) in [5.74, 6) is 0.765. The zero-order valence-corrected chi connectivity index (χ0v) is 18.5. The molecule has 4 rings (SSSR count). The van der Waals surface area contributed by atoms with Gasteiger partial charge in [0.25, 0.3) is 0 Å². The lowest BCUT2D eigenvalue weighted by atomic mass is 10.1. The van der Waals surface area contributed by atoms with Gasteiger partial charge in [-0.15, -0.1) is 10.2 Å². The number of ketones is 1. The molecule has 0 saturated heterocycles. The number of carbonyl (C=O) groups is 1. The molecular formula is C22H14Cl3N3OS. The summed E-state index contributed by atoms with van der Waals surface area (Å²) < 4.78 is 1.87. The van der Waals surface area contributed by atoms with Crippen molar-refractivity contribution in [3.05, 3.63) is 93.4 Å². The molecule has 0 spiro atoms. The van der Waals surface area contributed by atoms with Gasteiger partial charge in [-0.05, 0) is 60.7 Å². The molecule has 4 aromatic rings. The second-order valence-electron chi connectivity index (χ2n) is 6.32. The van der Waals surface area contributed by atoms with Crippen molar-refractivity contribution in [2.75, 3.05) is 5.75 Å². The molecule has 30 heavy (non-hydrogen) atoms. The summed E-state index contributed by atoms with van der Waals surface area (Å²) in [6, 6.07) is 21.6. The first-order valence-electron chi connectivity index (χ1n) is 8.91. The number of rotatable bonds is 6. The molecule has 0 aliphatic heterocycles. The fourth-order valence-electron chi connectivity index (χ4n) is 2.85. The van der Waals surface area contributed by atoms with Gasteiger partial charge in [-0.25, -0.2) is 0 Å². The molecule has 0 bridgehead atoms. The highest BCUT2D eigenvalue weighted by molar-refractivity contribution is 7.99. The minimum absolute atomic E-state index is 0.0263. The Labute approximate surface area is 192 Å². The Balaban J connectivity index is 1.69. The number of Topliss-reactive ketones (excluding diaryl/α,β-unsaturated/α-hetero) is 1. The normalized spacial score (nSPS) is 10.9. The Morgan fingerprint density at radius 1 is 0.833 bits per heavy atom. The maximum atomic E-state index is 12.6. The predicted octanol–water partition coefficient (Wildman–Crippen LogP) is 6.87. The first-order valence-corrected chi connectivity index (χ1v) is 11.0. The molecular weight excluding hydrogens is 461 g/mol. The van der Waals surface area contributed by atoms with Crippen molar-refractivity contribution in [2.45, 2.75) is 5.16 Å². The zero-order chi connectivity index (χ0) is 21.1. The fourth-order valence-corrected chi connectivity index (χ4v) is 4.17. The topological polar surface area (TPSA) is 47.8 Å². The van der Waals surface area contributed by atoms with Crippen LogP contribution >= 0.6 is 46.6 Å². The first kappa shape index (κ1) is 20.9. The van der Waals surface area contributed by atoms with Gasteiger partial charge in [0.15, 0.2) is 16.8 Å². The summed E-state index contributed by atoms with van der Waals surface area (Å²) in [5, 5.41) is 11.0. The molecule has 3 aromatic carbocycles. The molecule has 0 radical (unpaired) electrons. The maximum Gasteiger partial charge on any atom is 0.196 e. The molecule has 8 heteroatoms. The Kier molecular flexibility index (Phi) is 6.44. The molecule has 150 valence electrons. The molecule has 0 amide bonds.